The maximum atomic E-state index is 10.9. The Balaban J connectivity index is 3.39. The Kier molecular flexibility index (Phi) is 3.08. The van der Waals surface area contributed by atoms with Crippen LogP contribution in [0, 0.1) is 10.1 Å². The van der Waals surface area contributed by atoms with Gasteiger partial charge in [-0.2, -0.15) is 0 Å². The Morgan fingerprint density at radius 1 is 1.36 bits per heavy atom. The number of hydrogen-bond acceptors (Lipinski definition) is 3. The molecule has 0 saturated carbocycles. The highest BCUT2D eigenvalue weighted by atomic mass is 35.5. The zero-order chi connectivity index (χ0) is 10.9. The third kappa shape index (κ3) is 2.02. The molecule has 0 bridgehead atoms. The topological polar surface area (TPSA) is 60.2 Å². The molecule has 6 heteroatoms. The number of nitrogens with zero attached hydrogens (tertiary/aromatic N) is 1. The van der Waals surface area contributed by atoms with Crippen LogP contribution in [0.5, 0.6) is 0 Å². The van der Waals surface area contributed by atoms with Crippen molar-refractivity contribution in [1.82, 2.24) is 0 Å². The second-order valence-corrected chi connectivity index (χ2v) is 3.42. The van der Waals surface area contributed by atoms with Gasteiger partial charge in [0, 0.05) is 5.56 Å². The summed E-state index contributed by atoms with van der Waals surface area (Å²) in [6, 6.07) is 2.46. The summed E-state index contributed by atoms with van der Waals surface area (Å²) in [5.41, 5.74) is -0.121. The van der Waals surface area contributed by atoms with Crippen LogP contribution in [0.1, 0.15) is 17.3 Å². The van der Waals surface area contributed by atoms with Gasteiger partial charge < -0.3 is 0 Å². The number of halogens is 2. The molecule has 0 atom stereocenters. The minimum atomic E-state index is -0.686. The zero-order valence-corrected chi connectivity index (χ0v) is 8.59. The minimum Gasteiger partial charge on any atom is -0.295 e. The van der Waals surface area contributed by atoms with Crippen LogP contribution in [0.2, 0.25) is 10.0 Å². The van der Waals surface area contributed by atoms with E-state index in [1.54, 1.807) is 0 Å². The molecule has 0 unspecified atom stereocenters. The second kappa shape index (κ2) is 3.94. The van der Waals surface area contributed by atoms with Crippen LogP contribution in [-0.4, -0.2) is 10.7 Å². The Bertz CT molecular complexity index is 394. The molecule has 74 valence electrons. The Morgan fingerprint density at radius 3 is 2.07 bits per heavy atom. The van der Waals surface area contributed by atoms with E-state index < -0.39 is 4.92 Å². The van der Waals surface area contributed by atoms with Gasteiger partial charge in [0.25, 0.3) is 0 Å². The molecular weight excluding hydrogens is 229 g/mol. The molecule has 0 N–H and O–H groups in total. The fourth-order valence-electron chi connectivity index (χ4n) is 0.943. The molecule has 1 rings (SSSR count). The molecule has 0 heterocycles. The summed E-state index contributed by atoms with van der Waals surface area (Å²) in [5.74, 6) is -0.247. The fraction of sp³-hybridized carbons (Fsp3) is 0.125. The molecule has 0 saturated heterocycles. The van der Waals surface area contributed by atoms with Gasteiger partial charge in [-0.25, -0.2) is 0 Å². The number of hydrogen-bond donors (Lipinski definition) is 0. The van der Waals surface area contributed by atoms with Crippen LogP contribution in [0.15, 0.2) is 12.1 Å². The second-order valence-electron chi connectivity index (χ2n) is 2.60. The van der Waals surface area contributed by atoms with Crippen molar-refractivity contribution in [2.24, 2.45) is 0 Å². The smallest absolute Gasteiger partial charge is 0.295 e. The lowest BCUT2D eigenvalue weighted by Crippen LogP contribution is -1.96. The van der Waals surface area contributed by atoms with Crippen molar-refractivity contribution in [2.75, 3.05) is 0 Å². The highest BCUT2D eigenvalue weighted by Gasteiger charge is 2.19. The number of carbonyl (C=O) groups excluding carboxylic acids is 1. The van der Waals surface area contributed by atoms with E-state index in [4.69, 9.17) is 23.2 Å². The van der Waals surface area contributed by atoms with Gasteiger partial charge in [0.15, 0.2) is 5.78 Å². The number of ketones is 1. The number of benzene rings is 1. The first kappa shape index (κ1) is 10.9. The van der Waals surface area contributed by atoms with Gasteiger partial charge in [0.1, 0.15) is 10.0 Å². The molecule has 1 aromatic carbocycles. The summed E-state index contributed by atoms with van der Waals surface area (Å²) in [7, 11) is 0. The van der Waals surface area contributed by atoms with Crippen LogP contribution in [0.25, 0.3) is 0 Å². The van der Waals surface area contributed by atoms with Gasteiger partial charge in [0.2, 0.25) is 0 Å². The van der Waals surface area contributed by atoms with Crippen LogP contribution in [0.4, 0.5) is 5.69 Å². The van der Waals surface area contributed by atoms with Crippen molar-refractivity contribution in [2.45, 2.75) is 6.92 Å². The Hall–Kier alpha value is -1.13. The lowest BCUT2D eigenvalue weighted by molar-refractivity contribution is -0.384. The van der Waals surface area contributed by atoms with E-state index >= 15 is 0 Å². The number of carbonyl (C=O) groups is 1. The standard InChI is InChI=1S/C8H5Cl2NO3/c1-4(12)5-2-6(9)8(11(13)14)7(10)3-5/h2-3H,1H3. The molecule has 14 heavy (non-hydrogen) atoms. The molecule has 0 amide bonds. The van der Waals surface area contributed by atoms with Gasteiger partial charge in [0.05, 0.1) is 4.92 Å². The molecular formula is C8H5Cl2NO3. The minimum absolute atomic E-state index is 0.132. The first-order chi connectivity index (χ1) is 6.43. The van der Waals surface area contributed by atoms with Crippen molar-refractivity contribution in [3.05, 3.63) is 37.9 Å². The van der Waals surface area contributed by atoms with E-state index in [0.717, 1.165) is 0 Å². The van der Waals surface area contributed by atoms with E-state index in [2.05, 4.69) is 0 Å². The maximum Gasteiger partial charge on any atom is 0.306 e. The van der Waals surface area contributed by atoms with Crippen LogP contribution >= 0.6 is 23.2 Å². The molecule has 1 aromatic rings. The van der Waals surface area contributed by atoms with E-state index in [0.29, 0.717) is 0 Å². The predicted octanol–water partition coefficient (Wildman–Crippen LogP) is 3.10. The number of nitro groups is 1. The van der Waals surface area contributed by atoms with E-state index in [1.807, 2.05) is 0 Å². The normalized spacial score (nSPS) is 9.93. The molecule has 0 aliphatic heterocycles. The van der Waals surface area contributed by atoms with Crippen molar-refractivity contribution in [1.29, 1.82) is 0 Å². The molecule has 0 radical (unpaired) electrons. The highest BCUT2D eigenvalue weighted by molar-refractivity contribution is 6.38. The lowest BCUT2D eigenvalue weighted by Gasteiger charge is -2.00. The monoisotopic (exact) mass is 233 g/mol. The molecule has 0 aliphatic rings. The molecule has 0 aromatic heterocycles. The van der Waals surface area contributed by atoms with Gasteiger partial charge in [-0.05, 0) is 19.1 Å². The summed E-state index contributed by atoms with van der Waals surface area (Å²) in [5, 5.41) is 10.2. The van der Waals surface area contributed by atoms with Crippen molar-refractivity contribution in [3.63, 3.8) is 0 Å². The highest BCUT2D eigenvalue weighted by Crippen LogP contribution is 2.33. The summed E-state index contributed by atoms with van der Waals surface area (Å²) >= 11 is 11.2. The third-order valence-electron chi connectivity index (χ3n) is 1.61. The van der Waals surface area contributed by atoms with Crippen molar-refractivity contribution < 1.29 is 9.72 Å². The SMILES string of the molecule is CC(=O)c1cc(Cl)c([N+](=O)[O-])c(Cl)c1. The van der Waals surface area contributed by atoms with Crippen molar-refractivity contribution >= 4 is 34.7 Å². The lowest BCUT2D eigenvalue weighted by atomic mass is 10.1. The first-order valence-corrected chi connectivity index (χ1v) is 4.33. The summed E-state index contributed by atoms with van der Waals surface area (Å²) < 4.78 is 0. The number of rotatable bonds is 2. The molecule has 0 spiro atoms. The van der Waals surface area contributed by atoms with Gasteiger partial charge in [-0.3, -0.25) is 14.9 Å². The molecule has 4 nitrogen and oxygen atoms in total. The van der Waals surface area contributed by atoms with Crippen molar-refractivity contribution in [3.8, 4) is 0 Å². The van der Waals surface area contributed by atoms with Crippen LogP contribution in [-0.2, 0) is 0 Å². The summed E-state index contributed by atoms with van der Waals surface area (Å²) in [6.07, 6.45) is 0. The van der Waals surface area contributed by atoms with E-state index in [1.165, 1.54) is 19.1 Å². The zero-order valence-electron chi connectivity index (χ0n) is 7.08. The van der Waals surface area contributed by atoms with Gasteiger partial charge in [-0.1, -0.05) is 23.2 Å². The number of nitro benzene ring substituents is 1. The maximum absolute atomic E-state index is 10.9. The van der Waals surface area contributed by atoms with Gasteiger partial charge >= 0.3 is 5.69 Å². The fourth-order valence-corrected chi connectivity index (χ4v) is 1.57. The Labute approximate surface area is 89.6 Å². The van der Waals surface area contributed by atoms with E-state index in [9.17, 15) is 14.9 Å². The van der Waals surface area contributed by atoms with Crippen LogP contribution < -0.4 is 0 Å². The molecule has 0 fully saturated rings. The quantitative estimate of drug-likeness (QED) is 0.448. The van der Waals surface area contributed by atoms with Gasteiger partial charge in [-0.15, -0.1) is 0 Å². The molecule has 0 aliphatic carbocycles. The first-order valence-electron chi connectivity index (χ1n) is 3.58. The largest absolute Gasteiger partial charge is 0.306 e. The van der Waals surface area contributed by atoms with E-state index in [-0.39, 0.29) is 27.1 Å². The number of Topliss-reactive ketones (excluding diaryl/α,β-unsaturated/α-hetero) is 1. The third-order valence-corrected chi connectivity index (χ3v) is 2.18. The predicted molar refractivity (Wildman–Crippen MR) is 53.1 cm³/mol. The Morgan fingerprint density at radius 2 is 1.79 bits per heavy atom. The van der Waals surface area contributed by atoms with Crippen LogP contribution in [0.3, 0.4) is 0 Å². The average molecular weight is 234 g/mol. The summed E-state index contributed by atoms with van der Waals surface area (Å²) in [4.78, 5) is 20.7. The average Bonchev–Trinajstić information content (AvgIpc) is 2.01. The summed E-state index contributed by atoms with van der Waals surface area (Å²) in [6.45, 7) is 1.33.